The lowest BCUT2D eigenvalue weighted by Gasteiger charge is -2.08. The summed E-state index contributed by atoms with van der Waals surface area (Å²) < 4.78 is 2.36. The topological polar surface area (TPSA) is 56.7 Å². The van der Waals surface area contributed by atoms with Gasteiger partial charge < -0.3 is 10.3 Å². The summed E-state index contributed by atoms with van der Waals surface area (Å²) in [7, 11) is 0. The first-order valence-electron chi connectivity index (χ1n) is 6.54. The van der Waals surface area contributed by atoms with Crippen molar-refractivity contribution in [1.29, 1.82) is 0 Å². The van der Waals surface area contributed by atoms with E-state index in [4.69, 9.17) is 5.73 Å². The Morgan fingerprint density at radius 3 is 2.50 bits per heavy atom. The summed E-state index contributed by atoms with van der Waals surface area (Å²) in [5.41, 5.74) is 5.74. The number of rotatable bonds is 3. The van der Waals surface area contributed by atoms with Gasteiger partial charge in [0.1, 0.15) is 11.6 Å². The van der Waals surface area contributed by atoms with Crippen molar-refractivity contribution in [3.63, 3.8) is 0 Å². The maximum atomic E-state index is 5.74. The van der Waals surface area contributed by atoms with Gasteiger partial charge in [-0.3, -0.25) is 0 Å². The average Bonchev–Trinajstić information content (AvgIpc) is 3.17. The molecule has 3 aliphatic rings. The second kappa shape index (κ2) is 3.06. The van der Waals surface area contributed by atoms with Gasteiger partial charge in [-0.15, -0.1) is 10.2 Å². The molecule has 0 aliphatic heterocycles. The monoisotopic (exact) mass is 218 g/mol. The van der Waals surface area contributed by atoms with E-state index in [1.165, 1.54) is 37.9 Å². The molecule has 0 saturated heterocycles. The van der Waals surface area contributed by atoms with Gasteiger partial charge in [-0.05, 0) is 37.5 Å². The van der Waals surface area contributed by atoms with Gasteiger partial charge in [-0.2, -0.15) is 0 Å². The van der Waals surface area contributed by atoms with Crippen molar-refractivity contribution < 1.29 is 0 Å². The number of fused-ring (bicyclic) bond motifs is 1. The predicted octanol–water partition coefficient (Wildman–Crippen LogP) is 1.59. The van der Waals surface area contributed by atoms with Gasteiger partial charge in [0.2, 0.25) is 0 Å². The summed E-state index contributed by atoms with van der Waals surface area (Å²) in [6, 6.07) is 0.671. The molecule has 0 bridgehead atoms. The van der Waals surface area contributed by atoms with Crippen molar-refractivity contribution >= 4 is 0 Å². The minimum absolute atomic E-state index is 0.533. The van der Waals surface area contributed by atoms with E-state index in [2.05, 4.69) is 14.8 Å². The number of hydrogen-bond acceptors (Lipinski definition) is 3. The fraction of sp³-hybridized carbons (Fsp3) is 0.833. The van der Waals surface area contributed by atoms with Crippen molar-refractivity contribution in [2.24, 2.45) is 17.6 Å². The summed E-state index contributed by atoms with van der Waals surface area (Å²) in [6.45, 7) is 0.533. The quantitative estimate of drug-likeness (QED) is 0.838. The third-order valence-electron chi connectivity index (χ3n) is 4.59. The molecule has 3 saturated carbocycles. The molecule has 3 aliphatic carbocycles. The van der Waals surface area contributed by atoms with Crippen LogP contribution in [0.2, 0.25) is 0 Å². The fourth-order valence-corrected chi connectivity index (χ4v) is 3.64. The first kappa shape index (κ1) is 9.16. The van der Waals surface area contributed by atoms with Gasteiger partial charge in [0, 0.05) is 12.0 Å². The van der Waals surface area contributed by atoms with E-state index in [-0.39, 0.29) is 0 Å². The normalized spacial score (nSPS) is 36.4. The SMILES string of the molecule is NCc1nnc(C2C3CCCC32)n1C1CC1. The summed E-state index contributed by atoms with van der Waals surface area (Å²) >= 11 is 0. The highest BCUT2D eigenvalue weighted by atomic mass is 15.3. The maximum absolute atomic E-state index is 5.74. The van der Waals surface area contributed by atoms with E-state index in [1.807, 2.05) is 0 Å². The molecule has 0 aromatic carbocycles. The van der Waals surface area contributed by atoms with E-state index in [0.717, 1.165) is 23.6 Å². The molecule has 2 N–H and O–H groups in total. The van der Waals surface area contributed by atoms with Crippen LogP contribution in [0.1, 0.15) is 55.7 Å². The van der Waals surface area contributed by atoms with Crippen LogP contribution >= 0.6 is 0 Å². The molecule has 2 unspecified atom stereocenters. The van der Waals surface area contributed by atoms with Crippen LogP contribution in [0.15, 0.2) is 0 Å². The highest BCUT2D eigenvalue weighted by Gasteiger charge is 2.56. The molecular weight excluding hydrogens is 200 g/mol. The van der Waals surface area contributed by atoms with Crippen LogP contribution in [-0.4, -0.2) is 14.8 Å². The van der Waals surface area contributed by atoms with Crippen molar-refractivity contribution in [3.8, 4) is 0 Å². The van der Waals surface area contributed by atoms with Crippen LogP contribution in [0.25, 0.3) is 0 Å². The predicted molar refractivity (Wildman–Crippen MR) is 59.8 cm³/mol. The Balaban J connectivity index is 1.70. The number of aromatic nitrogens is 3. The molecule has 4 nitrogen and oxygen atoms in total. The minimum atomic E-state index is 0.533. The van der Waals surface area contributed by atoms with E-state index in [0.29, 0.717) is 12.6 Å². The molecule has 4 heteroatoms. The third kappa shape index (κ3) is 1.14. The second-order valence-electron chi connectivity index (χ2n) is 5.56. The van der Waals surface area contributed by atoms with Crippen LogP contribution < -0.4 is 5.73 Å². The second-order valence-corrected chi connectivity index (χ2v) is 5.56. The molecule has 4 rings (SSSR count). The minimum Gasteiger partial charge on any atom is -0.324 e. The van der Waals surface area contributed by atoms with Gasteiger partial charge in [-0.1, -0.05) is 6.42 Å². The Hall–Kier alpha value is -0.900. The zero-order chi connectivity index (χ0) is 10.7. The lowest BCUT2D eigenvalue weighted by Crippen LogP contribution is -2.10. The van der Waals surface area contributed by atoms with Gasteiger partial charge in [0.15, 0.2) is 0 Å². The highest BCUT2D eigenvalue weighted by molar-refractivity contribution is 5.20. The van der Waals surface area contributed by atoms with Gasteiger partial charge >= 0.3 is 0 Å². The van der Waals surface area contributed by atoms with Crippen LogP contribution in [0.5, 0.6) is 0 Å². The van der Waals surface area contributed by atoms with E-state index < -0.39 is 0 Å². The molecule has 0 spiro atoms. The zero-order valence-electron chi connectivity index (χ0n) is 9.47. The smallest absolute Gasteiger partial charge is 0.147 e. The molecule has 0 amide bonds. The van der Waals surface area contributed by atoms with Crippen molar-refractivity contribution in [2.75, 3.05) is 0 Å². The summed E-state index contributed by atoms with van der Waals surface area (Å²) in [5, 5.41) is 8.70. The molecule has 86 valence electrons. The summed E-state index contributed by atoms with van der Waals surface area (Å²) in [5.74, 6) is 4.84. The Morgan fingerprint density at radius 1 is 1.12 bits per heavy atom. The molecule has 1 aromatic heterocycles. The number of nitrogens with zero attached hydrogens (tertiary/aromatic N) is 3. The van der Waals surface area contributed by atoms with Crippen molar-refractivity contribution in [3.05, 3.63) is 11.6 Å². The largest absolute Gasteiger partial charge is 0.324 e. The Kier molecular flexibility index (Phi) is 1.76. The average molecular weight is 218 g/mol. The number of nitrogens with two attached hydrogens (primary N) is 1. The lowest BCUT2D eigenvalue weighted by molar-refractivity contribution is 0.593. The Morgan fingerprint density at radius 2 is 1.88 bits per heavy atom. The Bertz CT molecular complexity index is 411. The van der Waals surface area contributed by atoms with Gasteiger partial charge in [0.05, 0.1) is 6.54 Å². The molecule has 1 heterocycles. The highest BCUT2D eigenvalue weighted by Crippen LogP contribution is 2.63. The van der Waals surface area contributed by atoms with Crippen molar-refractivity contribution in [1.82, 2.24) is 14.8 Å². The molecule has 2 atom stereocenters. The van der Waals surface area contributed by atoms with Gasteiger partial charge in [-0.25, -0.2) is 0 Å². The van der Waals surface area contributed by atoms with Crippen LogP contribution in [0, 0.1) is 11.8 Å². The maximum Gasteiger partial charge on any atom is 0.147 e. The molecular formula is C12H18N4. The third-order valence-corrected chi connectivity index (χ3v) is 4.59. The molecule has 1 aromatic rings. The number of hydrogen-bond donors (Lipinski definition) is 1. The first-order chi connectivity index (χ1) is 7.90. The standard InChI is InChI=1S/C12H18N4/c13-6-10-14-15-12(16(10)7-4-5-7)11-8-2-1-3-9(8)11/h7-9,11H,1-6,13H2. The summed E-state index contributed by atoms with van der Waals surface area (Å²) in [6.07, 6.45) is 6.82. The van der Waals surface area contributed by atoms with E-state index in [9.17, 15) is 0 Å². The zero-order valence-corrected chi connectivity index (χ0v) is 9.47. The molecule has 16 heavy (non-hydrogen) atoms. The Labute approximate surface area is 95.2 Å². The van der Waals surface area contributed by atoms with Crippen LogP contribution in [-0.2, 0) is 6.54 Å². The lowest BCUT2D eigenvalue weighted by atomic mass is 10.1. The molecule has 3 fully saturated rings. The van der Waals surface area contributed by atoms with E-state index in [1.54, 1.807) is 0 Å². The fourth-order valence-electron chi connectivity index (χ4n) is 3.64. The van der Waals surface area contributed by atoms with Crippen molar-refractivity contribution in [2.45, 2.75) is 50.6 Å². The van der Waals surface area contributed by atoms with Crippen LogP contribution in [0.3, 0.4) is 0 Å². The summed E-state index contributed by atoms with van der Waals surface area (Å²) in [4.78, 5) is 0. The van der Waals surface area contributed by atoms with Gasteiger partial charge in [0.25, 0.3) is 0 Å². The van der Waals surface area contributed by atoms with Crippen LogP contribution in [0.4, 0.5) is 0 Å². The molecule has 0 radical (unpaired) electrons. The first-order valence-corrected chi connectivity index (χ1v) is 6.54. The van der Waals surface area contributed by atoms with E-state index >= 15 is 0 Å².